The highest BCUT2D eigenvalue weighted by Crippen LogP contribution is 2.30. The van der Waals surface area contributed by atoms with E-state index in [1.807, 2.05) is 0 Å². The van der Waals surface area contributed by atoms with Gasteiger partial charge in [0.1, 0.15) is 0 Å². The Morgan fingerprint density at radius 2 is 2.18 bits per heavy atom. The largest absolute Gasteiger partial charge is 0.316 e. The first-order valence-corrected chi connectivity index (χ1v) is 8.41. The van der Waals surface area contributed by atoms with Crippen molar-refractivity contribution in [3.63, 3.8) is 0 Å². The quantitative estimate of drug-likeness (QED) is 0.609. The molecule has 124 valence electrons. The molecule has 10 heteroatoms. The average molecular weight is 370 g/mol. The van der Waals surface area contributed by atoms with Gasteiger partial charge in [-0.3, -0.25) is 10.1 Å². The molecule has 1 aliphatic rings. The molecule has 0 saturated carbocycles. The van der Waals surface area contributed by atoms with E-state index in [-0.39, 0.29) is 29.9 Å². The monoisotopic (exact) mass is 369 g/mol. The van der Waals surface area contributed by atoms with Crippen molar-refractivity contribution in [2.45, 2.75) is 17.7 Å². The van der Waals surface area contributed by atoms with Crippen molar-refractivity contribution in [1.82, 2.24) is 10.0 Å². The van der Waals surface area contributed by atoms with Gasteiger partial charge in [0, 0.05) is 12.6 Å². The zero-order valence-electron chi connectivity index (χ0n) is 11.6. The third kappa shape index (κ3) is 4.53. The van der Waals surface area contributed by atoms with Gasteiger partial charge in [-0.2, -0.15) is 0 Å². The number of hydrogen-bond donors (Lipinski definition) is 2. The van der Waals surface area contributed by atoms with Crippen LogP contribution in [0.3, 0.4) is 0 Å². The molecule has 0 aromatic heterocycles. The molecule has 0 amide bonds. The van der Waals surface area contributed by atoms with Gasteiger partial charge in [0.25, 0.3) is 5.69 Å². The van der Waals surface area contributed by atoms with Crippen molar-refractivity contribution < 1.29 is 13.3 Å². The summed E-state index contributed by atoms with van der Waals surface area (Å²) in [7, 11) is -4.02. The summed E-state index contributed by atoms with van der Waals surface area (Å²) in [5, 5.41) is 14.0. The minimum atomic E-state index is -4.02. The predicted octanol–water partition coefficient (Wildman–Crippen LogP) is 1.95. The summed E-state index contributed by atoms with van der Waals surface area (Å²) < 4.78 is 27.0. The van der Waals surface area contributed by atoms with Gasteiger partial charge in [-0.15, -0.1) is 12.4 Å². The first-order chi connectivity index (χ1) is 9.92. The lowest BCUT2D eigenvalue weighted by atomic mass is 10.0. The van der Waals surface area contributed by atoms with Gasteiger partial charge in [0.2, 0.25) is 10.0 Å². The molecule has 0 bridgehead atoms. The van der Waals surface area contributed by atoms with Crippen LogP contribution in [0.5, 0.6) is 0 Å². The third-order valence-corrected chi connectivity index (χ3v) is 5.31. The number of nitro benzene ring substituents is 1. The van der Waals surface area contributed by atoms with E-state index in [1.165, 1.54) is 12.1 Å². The van der Waals surface area contributed by atoms with Gasteiger partial charge in [0.05, 0.1) is 9.95 Å². The fourth-order valence-electron chi connectivity index (χ4n) is 2.31. The van der Waals surface area contributed by atoms with Crippen LogP contribution in [0.15, 0.2) is 23.1 Å². The number of piperidine rings is 1. The first-order valence-electron chi connectivity index (χ1n) is 6.55. The number of nitrogens with zero attached hydrogens (tertiary/aromatic N) is 1. The number of nitrogens with one attached hydrogen (secondary N) is 2. The molecule has 1 fully saturated rings. The van der Waals surface area contributed by atoms with Gasteiger partial charge in [-0.25, -0.2) is 13.1 Å². The second-order valence-corrected chi connectivity index (χ2v) is 7.02. The fourth-order valence-corrected chi connectivity index (χ4v) is 4.12. The van der Waals surface area contributed by atoms with Gasteiger partial charge in [-0.1, -0.05) is 17.7 Å². The molecule has 2 N–H and O–H groups in total. The summed E-state index contributed by atoms with van der Waals surface area (Å²) in [5.74, 6) is 0.176. The molecule has 0 spiro atoms. The molecule has 1 aliphatic heterocycles. The van der Waals surface area contributed by atoms with E-state index < -0.39 is 25.5 Å². The van der Waals surface area contributed by atoms with Crippen molar-refractivity contribution >= 4 is 39.7 Å². The average Bonchev–Trinajstić information content (AvgIpc) is 2.46. The lowest BCUT2D eigenvalue weighted by molar-refractivity contribution is -0.387. The number of sulfonamides is 1. The van der Waals surface area contributed by atoms with Crippen LogP contribution in [-0.2, 0) is 10.0 Å². The summed E-state index contributed by atoms with van der Waals surface area (Å²) in [6.45, 7) is 1.89. The molecule has 0 radical (unpaired) electrons. The Balaban J connectivity index is 0.00000242. The number of nitro groups is 1. The summed E-state index contributed by atoms with van der Waals surface area (Å²) >= 11 is 5.84. The van der Waals surface area contributed by atoms with Gasteiger partial charge < -0.3 is 5.32 Å². The van der Waals surface area contributed by atoms with Gasteiger partial charge in [-0.05, 0) is 37.9 Å². The lowest BCUT2D eigenvalue weighted by Gasteiger charge is -2.22. The van der Waals surface area contributed by atoms with Crippen LogP contribution >= 0.6 is 24.0 Å². The Kier molecular flexibility index (Phi) is 7.01. The van der Waals surface area contributed by atoms with Gasteiger partial charge >= 0.3 is 0 Å². The second kappa shape index (κ2) is 8.07. The Morgan fingerprint density at radius 1 is 1.45 bits per heavy atom. The lowest BCUT2D eigenvalue weighted by Crippen LogP contribution is -2.38. The van der Waals surface area contributed by atoms with E-state index in [4.69, 9.17) is 11.6 Å². The molecular formula is C12H17Cl2N3O4S. The smallest absolute Gasteiger partial charge is 0.290 e. The molecule has 0 aliphatic carbocycles. The zero-order chi connectivity index (χ0) is 15.5. The van der Waals surface area contributed by atoms with E-state index in [0.717, 1.165) is 32.0 Å². The summed E-state index contributed by atoms with van der Waals surface area (Å²) in [4.78, 5) is 9.75. The third-order valence-electron chi connectivity index (χ3n) is 3.37. The van der Waals surface area contributed by atoms with Crippen LogP contribution in [-0.4, -0.2) is 33.0 Å². The van der Waals surface area contributed by atoms with Crippen LogP contribution in [0.4, 0.5) is 5.69 Å². The molecular weight excluding hydrogens is 353 g/mol. The number of hydrogen-bond acceptors (Lipinski definition) is 5. The Hall–Kier alpha value is -0.930. The molecule has 1 unspecified atom stereocenters. The topological polar surface area (TPSA) is 101 Å². The normalized spacial score (nSPS) is 18.5. The van der Waals surface area contributed by atoms with E-state index in [1.54, 1.807) is 0 Å². The van der Waals surface area contributed by atoms with E-state index in [2.05, 4.69) is 10.0 Å². The molecule has 1 aromatic rings. The standard InChI is InChI=1S/C12H16ClN3O4S.ClH/c13-10-4-1-5-11(16(17)18)12(10)21(19,20)15-8-9-3-2-6-14-7-9;/h1,4-5,9,14-15H,2-3,6-8H2;1H. The maximum atomic E-state index is 12.3. The highest BCUT2D eigenvalue weighted by atomic mass is 35.5. The van der Waals surface area contributed by atoms with Crippen LogP contribution < -0.4 is 10.0 Å². The van der Waals surface area contributed by atoms with E-state index >= 15 is 0 Å². The SMILES string of the molecule is Cl.O=[N+]([O-])c1cccc(Cl)c1S(=O)(=O)NCC1CCCNC1. The fraction of sp³-hybridized carbons (Fsp3) is 0.500. The zero-order valence-corrected chi connectivity index (χ0v) is 14.0. The first kappa shape index (κ1) is 19.1. The predicted molar refractivity (Wildman–Crippen MR) is 86.1 cm³/mol. The highest BCUT2D eigenvalue weighted by molar-refractivity contribution is 7.89. The van der Waals surface area contributed by atoms with Crippen molar-refractivity contribution in [3.8, 4) is 0 Å². The van der Waals surface area contributed by atoms with Crippen LogP contribution in [0.2, 0.25) is 5.02 Å². The minimum absolute atomic E-state index is 0. The van der Waals surface area contributed by atoms with Crippen LogP contribution in [0.1, 0.15) is 12.8 Å². The Morgan fingerprint density at radius 3 is 2.77 bits per heavy atom. The van der Waals surface area contributed by atoms with Crippen LogP contribution in [0, 0.1) is 16.0 Å². The summed E-state index contributed by atoms with van der Waals surface area (Å²) in [6.07, 6.45) is 1.90. The van der Waals surface area contributed by atoms with Crippen molar-refractivity contribution in [1.29, 1.82) is 0 Å². The van der Waals surface area contributed by atoms with Crippen molar-refractivity contribution in [2.24, 2.45) is 5.92 Å². The number of benzene rings is 1. The summed E-state index contributed by atoms with van der Waals surface area (Å²) in [5.41, 5.74) is -0.517. The van der Waals surface area contributed by atoms with E-state index in [0.29, 0.717) is 0 Å². The highest BCUT2D eigenvalue weighted by Gasteiger charge is 2.29. The maximum absolute atomic E-state index is 12.3. The Bertz CT molecular complexity index is 633. The molecule has 1 aromatic carbocycles. The molecule has 1 heterocycles. The maximum Gasteiger partial charge on any atom is 0.290 e. The molecule has 22 heavy (non-hydrogen) atoms. The van der Waals surface area contributed by atoms with Crippen LogP contribution in [0.25, 0.3) is 0 Å². The van der Waals surface area contributed by atoms with Crippen molar-refractivity contribution in [2.75, 3.05) is 19.6 Å². The van der Waals surface area contributed by atoms with Gasteiger partial charge in [0.15, 0.2) is 4.90 Å². The number of halogens is 2. The van der Waals surface area contributed by atoms with E-state index in [9.17, 15) is 18.5 Å². The molecule has 1 saturated heterocycles. The molecule has 2 rings (SSSR count). The van der Waals surface area contributed by atoms with Crippen molar-refractivity contribution in [3.05, 3.63) is 33.3 Å². The second-order valence-electron chi connectivity index (χ2n) is 4.91. The summed E-state index contributed by atoms with van der Waals surface area (Å²) in [6, 6.07) is 3.80. The number of rotatable bonds is 5. The Labute approximate surface area is 140 Å². The molecule has 1 atom stereocenters. The molecule has 7 nitrogen and oxygen atoms in total. The minimum Gasteiger partial charge on any atom is -0.316 e.